The third kappa shape index (κ3) is 4.35. The van der Waals surface area contributed by atoms with Crippen LogP contribution in [0.1, 0.15) is 32.3 Å². The van der Waals surface area contributed by atoms with Crippen LogP contribution in [0.4, 0.5) is 0 Å². The molecule has 1 heterocycles. The van der Waals surface area contributed by atoms with Crippen molar-refractivity contribution >= 4 is 0 Å². The minimum atomic E-state index is 0.513. The predicted molar refractivity (Wildman–Crippen MR) is 86.1 cm³/mol. The highest BCUT2D eigenvalue weighted by Crippen LogP contribution is 2.26. The van der Waals surface area contributed by atoms with E-state index in [0.29, 0.717) is 12.1 Å². The fourth-order valence-corrected chi connectivity index (χ4v) is 2.85. The van der Waals surface area contributed by atoms with E-state index in [2.05, 4.69) is 30.1 Å². The van der Waals surface area contributed by atoms with Crippen molar-refractivity contribution in [3.63, 3.8) is 0 Å². The molecule has 1 aliphatic heterocycles. The number of benzene rings is 1. The fourth-order valence-electron chi connectivity index (χ4n) is 2.85. The molecule has 1 saturated heterocycles. The molecule has 21 heavy (non-hydrogen) atoms. The molecule has 0 amide bonds. The third-order valence-corrected chi connectivity index (χ3v) is 4.22. The van der Waals surface area contributed by atoms with Gasteiger partial charge in [0, 0.05) is 36.8 Å². The van der Waals surface area contributed by atoms with Crippen LogP contribution in [0.15, 0.2) is 18.2 Å². The van der Waals surface area contributed by atoms with Gasteiger partial charge in [0.2, 0.25) is 0 Å². The van der Waals surface area contributed by atoms with E-state index in [4.69, 9.17) is 9.47 Å². The average Bonchev–Trinajstić information content (AvgIpc) is 2.99. The Balaban J connectivity index is 2.08. The highest BCUT2D eigenvalue weighted by atomic mass is 16.5. The second kappa shape index (κ2) is 7.66. The standard InChI is InChI=1S/C17H28N2O2/c1-13(2)19(12-15-6-5-9-18-15)11-14-7-8-16(20-3)10-17(14)21-4/h7-8,10,13,15,18H,5-6,9,11-12H2,1-4H3. The van der Waals surface area contributed by atoms with Crippen LogP contribution in [-0.4, -0.2) is 44.3 Å². The largest absolute Gasteiger partial charge is 0.497 e. The Morgan fingerprint density at radius 1 is 1.29 bits per heavy atom. The number of hydrogen-bond acceptors (Lipinski definition) is 4. The molecular formula is C17H28N2O2. The van der Waals surface area contributed by atoms with Gasteiger partial charge in [-0.2, -0.15) is 0 Å². The Bertz CT molecular complexity index is 442. The quantitative estimate of drug-likeness (QED) is 0.838. The molecule has 1 unspecified atom stereocenters. The van der Waals surface area contributed by atoms with Crippen LogP contribution in [0, 0.1) is 0 Å². The van der Waals surface area contributed by atoms with Crippen LogP contribution in [0.2, 0.25) is 0 Å². The SMILES string of the molecule is COc1ccc(CN(CC2CCCN2)C(C)C)c(OC)c1. The molecule has 2 rings (SSSR count). The Hall–Kier alpha value is -1.26. The highest BCUT2D eigenvalue weighted by molar-refractivity contribution is 5.40. The zero-order valence-corrected chi connectivity index (χ0v) is 13.7. The van der Waals surface area contributed by atoms with Crippen molar-refractivity contribution in [2.75, 3.05) is 27.3 Å². The van der Waals surface area contributed by atoms with Gasteiger partial charge in [0.25, 0.3) is 0 Å². The molecule has 0 radical (unpaired) electrons. The maximum Gasteiger partial charge on any atom is 0.127 e. The second-order valence-corrected chi connectivity index (χ2v) is 5.99. The molecule has 1 atom stereocenters. The van der Waals surface area contributed by atoms with Crippen molar-refractivity contribution in [1.29, 1.82) is 0 Å². The van der Waals surface area contributed by atoms with Gasteiger partial charge >= 0.3 is 0 Å². The van der Waals surface area contributed by atoms with Gasteiger partial charge in [0.15, 0.2) is 0 Å². The monoisotopic (exact) mass is 292 g/mol. The van der Waals surface area contributed by atoms with E-state index < -0.39 is 0 Å². The number of rotatable bonds is 7. The van der Waals surface area contributed by atoms with Crippen molar-refractivity contribution < 1.29 is 9.47 Å². The first-order valence-electron chi connectivity index (χ1n) is 7.82. The van der Waals surface area contributed by atoms with Crippen molar-refractivity contribution in [2.24, 2.45) is 0 Å². The molecule has 4 nitrogen and oxygen atoms in total. The number of hydrogen-bond donors (Lipinski definition) is 1. The molecular weight excluding hydrogens is 264 g/mol. The maximum absolute atomic E-state index is 5.52. The van der Waals surface area contributed by atoms with Crippen LogP contribution >= 0.6 is 0 Å². The van der Waals surface area contributed by atoms with E-state index in [1.54, 1.807) is 14.2 Å². The Kier molecular flexibility index (Phi) is 5.88. The second-order valence-electron chi connectivity index (χ2n) is 5.99. The molecule has 118 valence electrons. The van der Waals surface area contributed by atoms with Crippen molar-refractivity contribution in [1.82, 2.24) is 10.2 Å². The summed E-state index contributed by atoms with van der Waals surface area (Å²) in [5.74, 6) is 1.74. The van der Waals surface area contributed by atoms with Gasteiger partial charge in [0.1, 0.15) is 11.5 Å². The molecule has 0 bridgehead atoms. The van der Waals surface area contributed by atoms with Gasteiger partial charge in [-0.15, -0.1) is 0 Å². The molecule has 1 fully saturated rings. The molecule has 1 N–H and O–H groups in total. The summed E-state index contributed by atoms with van der Waals surface area (Å²) in [6.07, 6.45) is 2.57. The van der Waals surface area contributed by atoms with Crippen LogP contribution in [-0.2, 0) is 6.54 Å². The van der Waals surface area contributed by atoms with Gasteiger partial charge in [-0.1, -0.05) is 6.07 Å². The summed E-state index contributed by atoms with van der Waals surface area (Å²) in [4.78, 5) is 2.51. The smallest absolute Gasteiger partial charge is 0.127 e. The van der Waals surface area contributed by atoms with E-state index in [9.17, 15) is 0 Å². The van der Waals surface area contributed by atoms with Crippen LogP contribution in [0.3, 0.4) is 0 Å². The zero-order chi connectivity index (χ0) is 15.2. The van der Waals surface area contributed by atoms with Gasteiger partial charge in [0.05, 0.1) is 14.2 Å². The highest BCUT2D eigenvalue weighted by Gasteiger charge is 2.20. The summed E-state index contributed by atoms with van der Waals surface area (Å²) < 4.78 is 10.8. The van der Waals surface area contributed by atoms with Gasteiger partial charge in [-0.25, -0.2) is 0 Å². The van der Waals surface area contributed by atoms with E-state index in [0.717, 1.165) is 31.1 Å². The first-order chi connectivity index (χ1) is 10.1. The lowest BCUT2D eigenvalue weighted by molar-refractivity contribution is 0.191. The van der Waals surface area contributed by atoms with Crippen LogP contribution < -0.4 is 14.8 Å². The predicted octanol–water partition coefficient (Wildman–Crippen LogP) is 2.67. The summed E-state index contributed by atoms with van der Waals surface area (Å²) >= 11 is 0. The third-order valence-electron chi connectivity index (χ3n) is 4.22. The summed E-state index contributed by atoms with van der Waals surface area (Å²) in [5.41, 5.74) is 1.21. The van der Waals surface area contributed by atoms with Gasteiger partial charge in [-0.05, 0) is 39.3 Å². The molecule has 4 heteroatoms. The maximum atomic E-state index is 5.52. The number of ether oxygens (including phenoxy) is 2. The van der Waals surface area contributed by atoms with E-state index in [-0.39, 0.29) is 0 Å². The molecule has 0 aromatic heterocycles. The lowest BCUT2D eigenvalue weighted by Crippen LogP contribution is -2.40. The van der Waals surface area contributed by atoms with Crippen molar-refractivity contribution in [2.45, 2.75) is 45.3 Å². The van der Waals surface area contributed by atoms with E-state index in [1.807, 2.05) is 12.1 Å². The van der Waals surface area contributed by atoms with Gasteiger partial charge in [-0.3, -0.25) is 4.90 Å². The molecule has 0 saturated carbocycles. The lowest BCUT2D eigenvalue weighted by atomic mass is 10.1. The molecule has 0 spiro atoms. The fraction of sp³-hybridized carbons (Fsp3) is 0.647. The number of nitrogens with zero attached hydrogens (tertiary/aromatic N) is 1. The number of nitrogens with one attached hydrogen (secondary N) is 1. The minimum absolute atomic E-state index is 0.513. The summed E-state index contributed by atoms with van der Waals surface area (Å²) in [6, 6.07) is 7.21. The van der Waals surface area contributed by atoms with Crippen molar-refractivity contribution in [3.05, 3.63) is 23.8 Å². The van der Waals surface area contributed by atoms with Crippen LogP contribution in [0.25, 0.3) is 0 Å². The molecule has 1 aliphatic rings. The Morgan fingerprint density at radius 2 is 2.10 bits per heavy atom. The number of methoxy groups -OCH3 is 2. The molecule has 1 aromatic carbocycles. The van der Waals surface area contributed by atoms with Crippen molar-refractivity contribution in [3.8, 4) is 11.5 Å². The first kappa shape index (κ1) is 16.1. The normalized spacial score (nSPS) is 18.5. The van der Waals surface area contributed by atoms with E-state index >= 15 is 0 Å². The Labute approximate surface area is 128 Å². The summed E-state index contributed by atoms with van der Waals surface area (Å²) in [7, 11) is 3.40. The average molecular weight is 292 g/mol. The minimum Gasteiger partial charge on any atom is -0.497 e. The molecule has 0 aliphatic carbocycles. The summed E-state index contributed by atoms with van der Waals surface area (Å²) in [6.45, 7) is 7.66. The van der Waals surface area contributed by atoms with Gasteiger partial charge < -0.3 is 14.8 Å². The first-order valence-corrected chi connectivity index (χ1v) is 7.82. The summed E-state index contributed by atoms with van der Waals surface area (Å²) in [5, 5.41) is 3.58. The zero-order valence-electron chi connectivity index (χ0n) is 13.7. The molecule has 1 aromatic rings. The van der Waals surface area contributed by atoms with Crippen LogP contribution in [0.5, 0.6) is 11.5 Å². The topological polar surface area (TPSA) is 33.7 Å². The lowest BCUT2D eigenvalue weighted by Gasteiger charge is -2.30. The Morgan fingerprint density at radius 3 is 2.67 bits per heavy atom. The van der Waals surface area contributed by atoms with E-state index in [1.165, 1.54) is 18.4 Å².